The van der Waals surface area contributed by atoms with Crippen LogP contribution >= 0.6 is 0 Å². The van der Waals surface area contributed by atoms with Crippen molar-refractivity contribution < 1.29 is 37.2 Å². The van der Waals surface area contributed by atoms with Crippen molar-refractivity contribution in [3.05, 3.63) is 71.8 Å². The van der Waals surface area contributed by atoms with Crippen molar-refractivity contribution in [1.29, 1.82) is 0 Å². The average Bonchev–Trinajstić information content (AvgIpc) is 4.01. The average molecular weight is 747 g/mol. The Labute approximate surface area is 309 Å². The molecule has 15 heteroatoms. The topological polar surface area (TPSA) is 176 Å². The second kappa shape index (κ2) is 14.1. The predicted molar refractivity (Wildman–Crippen MR) is 196 cm³/mol. The van der Waals surface area contributed by atoms with E-state index in [0.29, 0.717) is 31.4 Å². The predicted octanol–water partition coefficient (Wildman–Crippen LogP) is 4.35. The molecule has 2 heterocycles. The number of hydrogen-bond acceptors (Lipinski definition) is 9. The van der Waals surface area contributed by atoms with Crippen LogP contribution in [0.15, 0.2) is 65.8 Å². The fourth-order valence-corrected chi connectivity index (χ4v) is 8.62. The van der Waals surface area contributed by atoms with E-state index in [-0.39, 0.29) is 25.9 Å². The first-order valence-electron chi connectivity index (χ1n) is 18.3. The Balaban J connectivity index is 1.18. The molecule has 2 aromatic rings. The van der Waals surface area contributed by atoms with Crippen LogP contribution < -0.4 is 15.5 Å². The molecule has 2 aromatic carbocycles. The number of amides is 5. The Morgan fingerprint density at radius 2 is 1.62 bits per heavy atom. The molecule has 4 atom stereocenters. The van der Waals surface area contributed by atoms with Crippen molar-refractivity contribution in [1.82, 2.24) is 25.4 Å². The van der Waals surface area contributed by atoms with E-state index < -0.39 is 68.4 Å². The zero-order valence-corrected chi connectivity index (χ0v) is 31.0. The summed E-state index contributed by atoms with van der Waals surface area (Å²) >= 11 is 0. The fraction of sp³-hybridized carbons (Fsp3) is 0.500. The molecule has 3 aliphatic carbocycles. The van der Waals surface area contributed by atoms with Gasteiger partial charge >= 0.3 is 12.1 Å². The monoisotopic (exact) mass is 746 g/mol. The second-order valence-electron chi connectivity index (χ2n) is 15.4. The maximum Gasteiger partial charge on any atom is 0.426 e. The molecule has 3 N–H and O–H groups in total. The first kappa shape index (κ1) is 36.4. The molecule has 53 heavy (non-hydrogen) atoms. The highest BCUT2D eigenvalue weighted by atomic mass is 32.2. The van der Waals surface area contributed by atoms with E-state index in [2.05, 4.69) is 20.6 Å². The molecule has 2 saturated carbocycles. The minimum absolute atomic E-state index is 0.0243. The number of nitrogens with one attached hydrogen (secondary N) is 3. The normalized spacial score (nSPS) is 26.4. The minimum atomic E-state index is -3.89. The summed E-state index contributed by atoms with van der Waals surface area (Å²) in [5.74, 6) is -1.86. The van der Waals surface area contributed by atoms with Crippen LogP contribution in [0.1, 0.15) is 83.3 Å². The number of benzene rings is 2. The van der Waals surface area contributed by atoms with Gasteiger partial charge in [0.15, 0.2) is 0 Å². The van der Waals surface area contributed by atoms with Crippen LogP contribution in [0.25, 0.3) is 11.1 Å². The summed E-state index contributed by atoms with van der Waals surface area (Å²) in [4.78, 5) is 62.7. The SMILES string of the molecule is CC(C)(C)OC(=O)NN1CCCCC/C=C\[C@@H]2C[C@]2(C(=O)NS(=O)(=O)C2CC2)NC(=O)[C@@H]2C[C@@H](ON=C3c4ccccc4-c4ccccc43)CN2C1=O. The van der Waals surface area contributed by atoms with E-state index >= 15 is 0 Å². The highest BCUT2D eigenvalue weighted by molar-refractivity contribution is 7.91. The molecular weight excluding hydrogens is 701 g/mol. The van der Waals surface area contributed by atoms with Gasteiger partial charge in [0, 0.05) is 30.0 Å². The van der Waals surface area contributed by atoms with E-state index in [1.807, 2.05) is 60.7 Å². The number of oxime groups is 1. The largest absolute Gasteiger partial charge is 0.443 e. The van der Waals surface area contributed by atoms with Crippen LogP contribution in [0.3, 0.4) is 0 Å². The number of hydrazine groups is 1. The molecular formula is C38H46N6O8S. The Morgan fingerprint density at radius 1 is 0.962 bits per heavy atom. The summed E-state index contributed by atoms with van der Waals surface area (Å²) in [6.07, 6.45) is 6.16. The lowest BCUT2D eigenvalue weighted by Gasteiger charge is -2.32. The number of carbonyl (C=O) groups is 4. The number of carbonyl (C=O) groups excluding carboxylic acids is 4. The first-order chi connectivity index (χ1) is 25.3. The van der Waals surface area contributed by atoms with Crippen molar-refractivity contribution >= 4 is 39.7 Å². The third-order valence-corrected chi connectivity index (χ3v) is 12.0. The Morgan fingerprint density at radius 3 is 2.26 bits per heavy atom. The van der Waals surface area contributed by atoms with E-state index in [4.69, 9.17) is 9.57 Å². The molecule has 0 aromatic heterocycles. The quantitative estimate of drug-likeness (QED) is 0.246. The van der Waals surface area contributed by atoms with E-state index in [1.54, 1.807) is 20.8 Å². The Hall–Kier alpha value is -4.92. The van der Waals surface area contributed by atoms with Gasteiger partial charge in [0.25, 0.3) is 5.91 Å². The number of urea groups is 1. The van der Waals surface area contributed by atoms with Crippen molar-refractivity contribution in [2.24, 2.45) is 11.1 Å². The van der Waals surface area contributed by atoms with Gasteiger partial charge in [0.2, 0.25) is 15.9 Å². The highest BCUT2D eigenvalue weighted by Gasteiger charge is 2.62. The lowest BCUT2D eigenvalue weighted by atomic mass is 10.1. The third-order valence-electron chi connectivity index (χ3n) is 10.2. The molecule has 3 fully saturated rings. The lowest BCUT2D eigenvalue weighted by Crippen LogP contribution is -2.59. The molecule has 7 rings (SSSR count). The molecule has 5 amide bonds. The fourth-order valence-electron chi connectivity index (χ4n) is 7.26. The van der Waals surface area contributed by atoms with Crippen molar-refractivity contribution in [2.45, 2.75) is 101 Å². The van der Waals surface area contributed by atoms with E-state index in [1.165, 1.54) is 4.90 Å². The molecule has 0 spiro atoms. The number of nitrogens with zero attached hydrogens (tertiary/aromatic N) is 3. The first-order valence-corrected chi connectivity index (χ1v) is 19.9. The van der Waals surface area contributed by atoms with E-state index in [9.17, 15) is 27.6 Å². The van der Waals surface area contributed by atoms with Crippen LogP contribution in [-0.4, -0.2) is 89.6 Å². The molecule has 5 aliphatic rings. The number of allylic oxidation sites excluding steroid dienone is 1. The van der Waals surface area contributed by atoms with Gasteiger partial charge in [0.05, 0.1) is 11.8 Å². The van der Waals surface area contributed by atoms with Gasteiger partial charge in [0.1, 0.15) is 29.0 Å². The number of rotatable bonds is 6. The number of fused-ring (bicyclic) bond motifs is 5. The van der Waals surface area contributed by atoms with Crippen LogP contribution in [0.4, 0.5) is 9.59 Å². The number of sulfonamides is 1. The van der Waals surface area contributed by atoms with Gasteiger partial charge in [-0.15, -0.1) is 0 Å². The van der Waals surface area contributed by atoms with Crippen LogP contribution in [0, 0.1) is 5.92 Å². The summed E-state index contributed by atoms with van der Waals surface area (Å²) in [6.45, 7) is 5.24. The summed E-state index contributed by atoms with van der Waals surface area (Å²) in [5.41, 5.74) is 4.70. The third kappa shape index (κ3) is 7.75. The summed E-state index contributed by atoms with van der Waals surface area (Å²) < 4.78 is 33.3. The summed E-state index contributed by atoms with van der Waals surface area (Å²) in [6, 6.07) is 13.9. The molecule has 282 valence electrons. The van der Waals surface area contributed by atoms with Gasteiger partial charge in [-0.2, -0.15) is 0 Å². The zero-order valence-electron chi connectivity index (χ0n) is 30.2. The molecule has 2 aliphatic heterocycles. The van der Waals surface area contributed by atoms with Crippen molar-refractivity contribution in [3.63, 3.8) is 0 Å². The van der Waals surface area contributed by atoms with Crippen molar-refractivity contribution in [3.8, 4) is 11.1 Å². The van der Waals surface area contributed by atoms with Gasteiger partial charge in [-0.25, -0.2) is 28.4 Å². The van der Waals surface area contributed by atoms with Gasteiger partial charge < -0.3 is 19.8 Å². The van der Waals surface area contributed by atoms with E-state index in [0.717, 1.165) is 40.1 Å². The second-order valence-corrected chi connectivity index (χ2v) is 17.4. The van der Waals surface area contributed by atoms with Gasteiger partial charge in [-0.05, 0) is 70.4 Å². The molecule has 14 nitrogen and oxygen atoms in total. The smallest absolute Gasteiger partial charge is 0.426 e. The number of hydrogen-bond donors (Lipinski definition) is 3. The molecule has 0 unspecified atom stereocenters. The maximum absolute atomic E-state index is 14.4. The van der Waals surface area contributed by atoms with Crippen LogP contribution in [0.2, 0.25) is 0 Å². The van der Waals surface area contributed by atoms with Crippen LogP contribution in [0.5, 0.6) is 0 Å². The zero-order chi connectivity index (χ0) is 37.5. The maximum atomic E-state index is 14.4. The number of ether oxygens (including phenoxy) is 1. The molecule has 1 saturated heterocycles. The molecule has 0 bridgehead atoms. The Bertz CT molecular complexity index is 1920. The standard InChI is InChI=1S/C38H46N6O8S/c1-37(2,3)51-35(47)40-44-20-12-6-4-5-7-13-24-22-38(24,34(46)42-53(49,50)26-18-19-26)39-33(45)31-21-25(23-43(31)36(44)48)52-41-32-29-16-10-8-14-27(29)28-15-9-11-17-30(28)32/h7-11,13-17,24-26,31H,4-6,12,18-23H2,1-3H3,(H,39,45)(H,40,47)(H,42,46)/b13-7-/t24-,25-,31+,38+/m1/s1. The van der Waals surface area contributed by atoms with Crippen LogP contribution in [-0.2, 0) is 29.2 Å². The summed E-state index contributed by atoms with van der Waals surface area (Å²) in [7, 11) is -3.89. The molecule has 0 radical (unpaired) electrons. The lowest BCUT2D eigenvalue weighted by molar-refractivity contribution is -0.131. The highest BCUT2D eigenvalue weighted by Crippen LogP contribution is 2.46. The Kier molecular flexibility index (Phi) is 9.72. The van der Waals surface area contributed by atoms with Crippen molar-refractivity contribution in [2.75, 3.05) is 13.1 Å². The van der Waals surface area contributed by atoms with Gasteiger partial charge in [-0.3, -0.25) is 14.3 Å². The van der Waals surface area contributed by atoms with Gasteiger partial charge in [-0.1, -0.05) is 72.3 Å². The summed E-state index contributed by atoms with van der Waals surface area (Å²) in [5, 5.41) is 7.98. The minimum Gasteiger partial charge on any atom is -0.443 e.